The standard InChI is InChI=1S/C11H17NO2/c1-8(13)10-7-14-11(12-10)9-5-3-2-4-6-9/h7-9,13H,2-6H2,1H3. The van der Waals surface area contributed by atoms with Gasteiger partial charge >= 0.3 is 0 Å². The van der Waals surface area contributed by atoms with Crippen molar-refractivity contribution in [3.63, 3.8) is 0 Å². The molecule has 0 bridgehead atoms. The molecule has 1 aromatic rings. The monoisotopic (exact) mass is 195 g/mol. The van der Waals surface area contributed by atoms with E-state index in [0.717, 1.165) is 5.89 Å². The van der Waals surface area contributed by atoms with Gasteiger partial charge in [-0.3, -0.25) is 0 Å². The van der Waals surface area contributed by atoms with Crippen LogP contribution in [0.5, 0.6) is 0 Å². The molecule has 1 fully saturated rings. The average molecular weight is 195 g/mol. The van der Waals surface area contributed by atoms with Crippen LogP contribution in [0.4, 0.5) is 0 Å². The third-order valence-electron chi connectivity index (χ3n) is 2.92. The predicted octanol–water partition coefficient (Wildman–Crippen LogP) is 2.78. The van der Waals surface area contributed by atoms with Gasteiger partial charge in [-0.1, -0.05) is 19.3 Å². The van der Waals surface area contributed by atoms with E-state index in [1.165, 1.54) is 32.1 Å². The highest BCUT2D eigenvalue weighted by atomic mass is 16.3. The molecule has 1 unspecified atom stereocenters. The molecule has 0 aliphatic heterocycles. The first-order chi connectivity index (χ1) is 6.77. The third kappa shape index (κ3) is 1.98. The summed E-state index contributed by atoms with van der Waals surface area (Å²) in [5.74, 6) is 1.30. The van der Waals surface area contributed by atoms with Crippen LogP contribution >= 0.6 is 0 Å². The summed E-state index contributed by atoms with van der Waals surface area (Å²) in [4.78, 5) is 4.32. The van der Waals surface area contributed by atoms with Gasteiger partial charge in [0.1, 0.15) is 12.0 Å². The number of nitrogens with zero attached hydrogens (tertiary/aromatic N) is 1. The fourth-order valence-electron chi connectivity index (χ4n) is 2.03. The number of hydrogen-bond acceptors (Lipinski definition) is 3. The van der Waals surface area contributed by atoms with Gasteiger partial charge in [-0.2, -0.15) is 0 Å². The lowest BCUT2D eigenvalue weighted by atomic mass is 9.89. The molecule has 0 spiro atoms. The van der Waals surface area contributed by atoms with E-state index in [1.807, 2.05) is 0 Å². The molecule has 0 saturated heterocycles. The Hall–Kier alpha value is -0.830. The van der Waals surface area contributed by atoms with Crippen LogP contribution < -0.4 is 0 Å². The minimum absolute atomic E-state index is 0.483. The van der Waals surface area contributed by atoms with Gasteiger partial charge in [0.2, 0.25) is 0 Å². The van der Waals surface area contributed by atoms with E-state index in [-0.39, 0.29) is 0 Å². The van der Waals surface area contributed by atoms with E-state index in [4.69, 9.17) is 4.42 Å². The maximum absolute atomic E-state index is 9.31. The smallest absolute Gasteiger partial charge is 0.197 e. The summed E-state index contributed by atoms with van der Waals surface area (Å²) in [5.41, 5.74) is 0.658. The zero-order valence-electron chi connectivity index (χ0n) is 8.57. The fourth-order valence-corrected chi connectivity index (χ4v) is 2.03. The quantitative estimate of drug-likeness (QED) is 0.789. The molecule has 0 amide bonds. The fraction of sp³-hybridized carbons (Fsp3) is 0.727. The van der Waals surface area contributed by atoms with E-state index >= 15 is 0 Å². The molecule has 1 atom stereocenters. The molecule has 1 saturated carbocycles. The highest BCUT2D eigenvalue weighted by molar-refractivity contribution is 5.03. The molecule has 2 rings (SSSR count). The summed E-state index contributed by atoms with van der Waals surface area (Å²) < 4.78 is 5.39. The van der Waals surface area contributed by atoms with Crippen molar-refractivity contribution in [3.8, 4) is 0 Å². The normalized spacial score (nSPS) is 21.0. The minimum Gasteiger partial charge on any atom is -0.448 e. The van der Waals surface area contributed by atoms with Gasteiger partial charge < -0.3 is 9.52 Å². The van der Waals surface area contributed by atoms with Crippen LogP contribution in [-0.4, -0.2) is 10.1 Å². The van der Waals surface area contributed by atoms with E-state index in [2.05, 4.69) is 4.98 Å². The van der Waals surface area contributed by atoms with Gasteiger partial charge in [0.15, 0.2) is 5.89 Å². The van der Waals surface area contributed by atoms with Crippen LogP contribution in [-0.2, 0) is 0 Å². The number of aliphatic hydroxyl groups is 1. The van der Waals surface area contributed by atoms with Crippen LogP contribution in [0.3, 0.4) is 0 Å². The van der Waals surface area contributed by atoms with Crippen LogP contribution in [0, 0.1) is 0 Å². The summed E-state index contributed by atoms with van der Waals surface area (Å²) >= 11 is 0. The molecule has 1 N–H and O–H groups in total. The minimum atomic E-state index is -0.518. The molecular formula is C11H17NO2. The Morgan fingerprint density at radius 3 is 2.71 bits per heavy atom. The SMILES string of the molecule is CC(O)c1coc(C2CCCCC2)n1. The van der Waals surface area contributed by atoms with Gasteiger partial charge in [-0.05, 0) is 19.8 Å². The Morgan fingerprint density at radius 1 is 1.43 bits per heavy atom. The number of rotatable bonds is 2. The number of hydrogen-bond donors (Lipinski definition) is 1. The van der Waals surface area contributed by atoms with Crippen molar-refractivity contribution in [2.24, 2.45) is 0 Å². The Bertz CT molecular complexity index is 287. The third-order valence-corrected chi connectivity index (χ3v) is 2.92. The van der Waals surface area contributed by atoms with Crippen molar-refractivity contribution in [1.29, 1.82) is 0 Å². The molecule has 0 aromatic carbocycles. The van der Waals surface area contributed by atoms with E-state index in [9.17, 15) is 5.11 Å². The van der Waals surface area contributed by atoms with Crippen LogP contribution in [0.15, 0.2) is 10.7 Å². The summed E-state index contributed by atoms with van der Waals surface area (Å²) in [6.45, 7) is 1.71. The first kappa shape index (κ1) is 9.71. The maximum atomic E-state index is 9.31. The van der Waals surface area contributed by atoms with Crippen molar-refractivity contribution in [1.82, 2.24) is 4.98 Å². The molecule has 3 heteroatoms. The Labute approximate surface area is 84.2 Å². The van der Waals surface area contributed by atoms with Gasteiger partial charge in [0.05, 0.1) is 6.10 Å². The Morgan fingerprint density at radius 2 is 2.14 bits per heavy atom. The molecule has 1 heterocycles. The van der Waals surface area contributed by atoms with Gasteiger partial charge in [0, 0.05) is 5.92 Å². The van der Waals surface area contributed by atoms with Crippen LogP contribution in [0.25, 0.3) is 0 Å². The lowest BCUT2D eigenvalue weighted by Crippen LogP contribution is -2.05. The highest BCUT2D eigenvalue weighted by Gasteiger charge is 2.20. The summed E-state index contributed by atoms with van der Waals surface area (Å²) in [5, 5.41) is 9.31. The summed E-state index contributed by atoms with van der Waals surface area (Å²) in [6, 6.07) is 0. The first-order valence-electron chi connectivity index (χ1n) is 5.41. The van der Waals surface area contributed by atoms with Gasteiger partial charge in [0.25, 0.3) is 0 Å². The van der Waals surface area contributed by atoms with Crippen molar-refractivity contribution in [3.05, 3.63) is 17.8 Å². The lowest BCUT2D eigenvalue weighted by molar-refractivity contribution is 0.194. The molecule has 1 aromatic heterocycles. The molecule has 78 valence electrons. The molecular weight excluding hydrogens is 178 g/mol. The molecule has 0 radical (unpaired) electrons. The second-order valence-corrected chi connectivity index (χ2v) is 4.12. The van der Waals surface area contributed by atoms with Gasteiger partial charge in [-0.25, -0.2) is 4.98 Å². The average Bonchev–Trinajstić information content (AvgIpc) is 2.68. The Balaban J connectivity index is 2.07. The van der Waals surface area contributed by atoms with Crippen molar-refractivity contribution < 1.29 is 9.52 Å². The van der Waals surface area contributed by atoms with E-state index in [1.54, 1.807) is 13.2 Å². The second-order valence-electron chi connectivity index (χ2n) is 4.12. The molecule has 1 aliphatic carbocycles. The van der Waals surface area contributed by atoms with Crippen molar-refractivity contribution >= 4 is 0 Å². The molecule has 14 heavy (non-hydrogen) atoms. The number of aromatic nitrogens is 1. The maximum Gasteiger partial charge on any atom is 0.197 e. The van der Waals surface area contributed by atoms with Gasteiger partial charge in [-0.15, -0.1) is 0 Å². The highest BCUT2D eigenvalue weighted by Crippen LogP contribution is 2.32. The number of aliphatic hydroxyl groups excluding tert-OH is 1. The molecule has 1 aliphatic rings. The molecule has 3 nitrogen and oxygen atoms in total. The summed E-state index contributed by atoms with van der Waals surface area (Å²) in [6.07, 6.45) is 7.30. The lowest BCUT2D eigenvalue weighted by Gasteiger charge is -2.17. The summed E-state index contributed by atoms with van der Waals surface area (Å²) in [7, 11) is 0. The zero-order chi connectivity index (χ0) is 9.97. The van der Waals surface area contributed by atoms with E-state index < -0.39 is 6.10 Å². The van der Waals surface area contributed by atoms with Crippen molar-refractivity contribution in [2.45, 2.75) is 51.0 Å². The largest absolute Gasteiger partial charge is 0.448 e. The Kier molecular flexibility index (Phi) is 2.87. The topological polar surface area (TPSA) is 46.3 Å². The van der Waals surface area contributed by atoms with E-state index in [0.29, 0.717) is 11.6 Å². The zero-order valence-corrected chi connectivity index (χ0v) is 8.57. The predicted molar refractivity (Wildman–Crippen MR) is 53.0 cm³/mol. The second kappa shape index (κ2) is 4.13. The van der Waals surface area contributed by atoms with Crippen molar-refractivity contribution in [2.75, 3.05) is 0 Å². The van der Waals surface area contributed by atoms with Crippen LogP contribution in [0.1, 0.15) is 62.6 Å². The number of oxazole rings is 1. The van der Waals surface area contributed by atoms with Crippen LogP contribution in [0.2, 0.25) is 0 Å². The first-order valence-corrected chi connectivity index (χ1v) is 5.41.